The molecule has 0 amide bonds. The van der Waals surface area contributed by atoms with Crippen molar-refractivity contribution in [1.29, 1.82) is 0 Å². The maximum atomic E-state index is 11.1. The molecule has 2 heterocycles. The number of hydrogen-bond donors (Lipinski definition) is 1. The fraction of sp³-hybridized carbons (Fsp3) is 0.0667. The van der Waals surface area contributed by atoms with Crippen LogP contribution in [0.5, 0.6) is 5.75 Å². The molecule has 0 aliphatic carbocycles. The van der Waals surface area contributed by atoms with E-state index in [0.717, 1.165) is 22.9 Å². The van der Waals surface area contributed by atoms with Crippen LogP contribution in [0.25, 0.3) is 11.0 Å². The van der Waals surface area contributed by atoms with E-state index in [1.807, 2.05) is 28.8 Å². The van der Waals surface area contributed by atoms with Gasteiger partial charge in [0, 0.05) is 29.9 Å². The molecule has 4 heteroatoms. The van der Waals surface area contributed by atoms with Crippen molar-refractivity contribution in [3.63, 3.8) is 0 Å². The molecular formula is C15H12N2O2. The Morgan fingerprint density at radius 1 is 1.21 bits per heavy atom. The Morgan fingerprint density at radius 3 is 2.74 bits per heavy atom. The summed E-state index contributed by atoms with van der Waals surface area (Å²) in [5.74, 6) is 0.243. The first-order chi connectivity index (χ1) is 9.28. The summed E-state index contributed by atoms with van der Waals surface area (Å²) >= 11 is 0. The van der Waals surface area contributed by atoms with E-state index in [4.69, 9.17) is 0 Å². The van der Waals surface area contributed by atoms with Gasteiger partial charge in [-0.15, -0.1) is 0 Å². The molecule has 19 heavy (non-hydrogen) atoms. The van der Waals surface area contributed by atoms with Crippen molar-refractivity contribution in [3.05, 3.63) is 59.9 Å². The molecule has 3 rings (SSSR count). The second-order valence-corrected chi connectivity index (χ2v) is 4.37. The lowest BCUT2D eigenvalue weighted by molar-refractivity contribution is 0.112. The lowest BCUT2D eigenvalue weighted by Crippen LogP contribution is -1.98. The molecule has 0 bridgehead atoms. The Kier molecular flexibility index (Phi) is 2.76. The average molecular weight is 252 g/mol. The van der Waals surface area contributed by atoms with Crippen LogP contribution in [-0.4, -0.2) is 20.9 Å². The van der Waals surface area contributed by atoms with Crippen LogP contribution >= 0.6 is 0 Å². The number of fused-ring (bicyclic) bond motifs is 1. The normalized spacial score (nSPS) is 10.7. The number of benzene rings is 1. The molecule has 0 atom stereocenters. The molecule has 2 aromatic heterocycles. The Morgan fingerprint density at radius 2 is 2.00 bits per heavy atom. The third-order valence-corrected chi connectivity index (χ3v) is 3.08. The fourth-order valence-corrected chi connectivity index (χ4v) is 2.16. The Bertz CT molecular complexity index is 729. The maximum absolute atomic E-state index is 11.1. The number of aldehydes is 1. The number of aromatic nitrogens is 2. The first-order valence-corrected chi connectivity index (χ1v) is 5.95. The van der Waals surface area contributed by atoms with Crippen molar-refractivity contribution in [2.75, 3.05) is 0 Å². The molecule has 94 valence electrons. The summed E-state index contributed by atoms with van der Waals surface area (Å²) in [6, 6.07) is 10.7. The van der Waals surface area contributed by atoms with Crippen LogP contribution in [0.15, 0.2) is 48.8 Å². The highest BCUT2D eigenvalue weighted by molar-refractivity contribution is 5.95. The maximum Gasteiger partial charge on any atom is 0.152 e. The van der Waals surface area contributed by atoms with Gasteiger partial charge in [-0.05, 0) is 29.8 Å². The van der Waals surface area contributed by atoms with Gasteiger partial charge in [-0.1, -0.05) is 12.1 Å². The SMILES string of the molecule is O=Cc1cn(Cc2ccc(O)cc2)c2ncccc12. The minimum Gasteiger partial charge on any atom is -0.508 e. The van der Waals surface area contributed by atoms with Gasteiger partial charge in [0.1, 0.15) is 11.4 Å². The highest BCUT2D eigenvalue weighted by atomic mass is 16.3. The zero-order valence-corrected chi connectivity index (χ0v) is 10.2. The third-order valence-electron chi connectivity index (χ3n) is 3.08. The molecule has 0 fully saturated rings. The van der Waals surface area contributed by atoms with Crippen LogP contribution in [0, 0.1) is 0 Å². The molecule has 0 radical (unpaired) electrons. The Hall–Kier alpha value is -2.62. The summed E-state index contributed by atoms with van der Waals surface area (Å²) in [6.45, 7) is 0.613. The van der Waals surface area contributed by atoms with Gasteiger partial charge in [-0.2, -0.15) is 0 Å². The molecule has 3 aromatic rings. The Labute approximate surface area is 109 Å². The van der Waals surface area contributed by atoms with Crippen molar-refractivity contribution in [2.24, 2.45) is 0 Å². The van der Waals surface area contributed by atoms with Crippen molar-refractivity contribution in [1.82, 2.24) is 9.55 Å². The molecular weight excluding hydrogens is 240 g/mol. The Balaban J connectivity index is 2.05. The van der Waals surface area contributed by atoms with E-state index in [9.17, 15) is 9.90 Å². The highest BCUT2D eigenvalue weighted by Gasteiger charge is 2.08. The standard InChI is InChI=1S/C15H12N2O2/c18-10-12-9-17(15-14(12)2-1-7-16-15)8-11-3-5-13(19)6-4-11/h1-7,9-10,19H,8H2. The van der Waals surface area contributed by atoms with Crippen LogP contribution in [-0.2, 0) is 6.54 Å². The topological polar surface area (TPSA) is 55.1 Å². The molecule has 0 aliphatic rings. The van der Waals surface area contributed by atoms with Gasteiger partial charge < -0.3 is 9.67 Å². The van der Waals surface area contributed by atoms with Gasteiger partial charge in [-0.25, -0.2) is 4.98 Å². The van der Waals surface area contributed by atoms with E-state index in [2.05, 4.69) is 4.98 Å². The van der Waals surface area contributed by atoms with Gasteiger partial charge in [0.15, 0.2) is 6.29 Å². The number of carbonyl (C=O) groups is 1. The summed E-state index contributed by atoms with van der Waals surface area (Å²) in [7, 11) is 0. The average Bonchev–Trinajstić information content (AvgIpc) is 2.80. The molecule has 4 nitrogen and oxygen atoms in total. The van der Waals surface area contributed by atoms with Crippen LogP contribution in [0.4, 0.5) is 0 Å². The number of hydrogen-bond acceptors (Lipinski definition) is 3. The molecule has 0 spiro atoms. The molecule has 0 saturated carbocycles. The van der Waals surface area contributed by atoms with Crippen LogP contribution in [0.1, 0.15) is 15.9 Å². The highest BCUT2D eigenvalue weighted by Crippen LogP contribution is 2.19. The van der Waals surface area contributed by atoms with Crippen LogP contribution < -0.4 is 0 Å². The molecule has 0 unspecified atom stereocenters. The molecule has 1 aromatic carbocycles. The summed E-state index contributed by atoms with van der Waals surface area (Å²) in [5, 5.41) is 10.1. The first kappa shape index (κ1) is 11.5. The quantitative estimate of drug-likeness (QED) is 0.729. The van der Waals surface area contributed by atoms with Gasteiger partial charge in [0.25, 0.3) is 0 Å². The largest absolute Gasteiger partial charge is 0.508 e. The van der Waals surface area contributed by atoms with Crippen molar-refractivity contribution < 1.29 is 9.90 Å². The van der Waals surface area contributed by atoms with Gasteiger partial charge >= 0.3 is 0 Å². The summed E-state index contributed by atoms with van der Waals surface area (Å²) in [5.41, 5.74) is 2.47. The second kappa shape index (κ2) is 4.57. The zero-order valence-electron chi connectivity index (χ0n) is 10.2. The smallest absolute Gasteiger partial charge is 0.152 e. The molecule has 0 saturated heterocycles. The van der Waals surface area contributed by atoms with E-state index in [1.165, 1.54) is 0 Å². The number of phenolic OH excluding ortho intramolecular Hbond substituents is 1. The van der Waals surface area contributed by atoms with E-state index < -0.39 is 0 Å². The second-order valence-electron chi connectivity index (χ2n) is 4.37. The van der Waals surface area contributed by atoms with Crippen LogP contribution in [0.3, 0.4) is 0 Å². The summed E-state index contributed by atoms with van der Waals surface area (Å²) < 4.78 is 1.94. The first-order valence-electron chi connectivity index (χ1n) is 5.95. The van der Waals surface area contributed by atoms with E-state index in [1.54, 1.807) is 24.5 Å². The predicted molar refractivity (Wildman–Crippen MR) is 72.3 cm³/mol. The number of rotatable bonds is 3. The van der Waals surface area contributed by atoms with E-state index in [-0.39, 0.29) is 5.75 Å². The number of aromatic hydroxyl groups is 1. The van der Waals surface area contributed by atoms with Crippen molar-refractivity contribution in [2.45, 2.75) is 6.54 Å². The van der Waals surface area contributed by atoms with Crippen LogP contribution in [0.2, 0.25) is 0 Å². The third kappa shape index (κ3) is 2.08. The minimum atomic E-state index is 0.243. The summed E-state index contributed by atoms with van der Waals surface area (Å²) in [4.78, 5) is 15.4. The van der Waals surface area contributed by atoms with E-state index >= 15 is 0 Å². The van der Waals surface area contributed by atoms with Crippen molar-refractivity contribution in [3.8, 4) is 5.75 Å². The fourth-order valence-electron chi connectivity index (χ4n) is 2.16. The van der Waals surface area contributed by atoms with Gasteiger partial charge in [0.2, 0.25) is 0 Å². The monoisotopic (exact) mass is 252 g/mol. The van der Waals surface area contributed by atoms with E-state index in [0.29, 0.717) is 12.1 Å². The van der Waals surface area contributed by atoms with Crippen molar-refractivity contribution >= 4 is 17.3 Å². The number of pyridine rings is 1. The zero-order chi connectivity index (χ0) is 13.2. The summed E-state index contributed by atoms with van der Waals surface area (Å²) in [6.07, 6.45) is 4.36. The lowest BCUT2D eigenvalue weighted by Gasteiger charge is -2.04. The lowest BCUT2D eigenvalue weighted by atomic mass is 10.2. The molecule has 0 aliphatic heterocycles. The number of carbonyl (C=O) groups excluding carboxylic acids is 1. The number of phenols is 1. The van der Waals surface area contributed by atoms with Gasteiger partial charge in [0.05, 0.1) is 0 Å². The van der Waals surface area contributed by atoms with Gasteiger partial charge in [-0.3, -0.25) is 4.79 Å². The molecule has 1 N–H and O–H groups in total. The predicted octanol–water partition coefficient (Wildman–Crippen LogP) is 2.60. The minimum absolute atomic E-state index is 0.243. The number of nitrogens with zero attached hydrogens (tertiary/aromatic N) is 2.